The molecule has 3 fully saturated rings. The number of rotatable bonds is 3. The SMILES string of the molecule is CC(C)(C)[C@@H]1OC[C@]2(C)N1C(=O)[C@@H]1CC(OCc3ccccc3)O[C@@]12C. The largest absolute Gasteiger partial charge is 0.355 e. The van der Waals surface area contributed by atoms with Crippen molar-refractivity contribution >= 4 is 5.91 Å². The minimum Gasteiger partial charge on any atom is -0.355 e. The molecule has 3 aliphatic heterocycles. The molecule has 142 valence electrons. The molecule has 1 aromatic rings. The van der Waals surface area contributed by atoms with Crippen LogP contribution in [0.2, 0.25) is 0 Å². The van der Waals surface area contributed by atoms with Crippen LogP contribution in [0.4, 0.5) is 0 Å². The lowest BCUT2D eigenvalue weighted by Gasteiger charge is -2.41. The van der Waals surface area contributed by atoms with E-state index in [0.717, 1.165) is 5.56 Å². The number of hydrogen-bond acceptors (Lipinski definition) is 4. The normalized spacial score (nSPS) is 39.3. The molecule has 3 aliphatic rings. The molecule has 5 nitrogen and oxygen atoms in total. The fourth-order valence-electron chi connectivity index (χ4n) is 4.72. The third kappa shape index (κ3) is 2.44. The van der Waals surface area contributed by atoms with Gasteiger partial charge in [0, 0.05) is 11.8 Å². The van der Waals surface area contributed by atoms with Crippen molar-refractivity contribution in [2.24, 2.45) is 11.3 Å². The Morgan fingerprint density at radius 3 is 2.58 bits per heavy atom. The summed E-state index contributed by atoms with van der Waals surface area (Å²) in [5.41, 5.74) is -0.0799. The number of hydrogen-bond donors (Lipinski definition) is 0. The highest BCUT2D eigenvalue weighted by Gasteiger charge is 2.73. The van der Waals surface area contributed by atoms with Crippen LogP contribution < -0.4 is 0 Å². The summed E-state index contributed by atoms with van der Waals surface area (Å²) in [5.74, 6) is -0.0414. The van der Waals surface area contributed by atoms with Crippen molar-refractivity contribution in [2.45, 2.75) is 71.3 Å². The Hall–Kier alpha value is -1.43. The quantitative estimate of drug-likeness (QED) is 0.831. The zero-order chi connectivity index (χ0) is 18.7. The van der Waals surface area contributed by atoms with Crippen LogP contribution in [0, 0.1) is 11.3 Å². The van der Waals surface area contributed by atoms with Crippen LogP contribution >= 0.6 is 0 Å². The Bertz CT molecular complexity index is 700. The van der Waals surface area contributed by atoms with E-state index in [1.165, 1.54) is 0 Å². The third-order valence-corrected chi connectivity index (χ3v) is 6.38. The molecule has 0 radical (unpaired) electrons. The van der Waals surface area contributed by atoms with Gasteiger partial charge in [0.15, 0.2) is 6.29 Å². The van der Waals surface area contributed by atoms with E-state index in [0.29, 0.717) is 19.6 Å². The topological polar surface area (TPSA) is 48.0 Å². The van der Waals surface area contributed by atoms with Gasteiger partial charge in [-0.05, 0) is 19.4 Å². The highest BCUT2D eigenvalue weighted by Crippen LogP contribution is 2.57. The minimum atomic E-state index is -0.592. The number of nitrogens with zero attached hydrogens (tertiary/aromatic N) is 1. The van der Waals surface area contributed by atoms with Crippen LogP contribution in [0.3, 0.4) is 0 Å². The first-order valence-electron chi connectivity index (χ1n) is 9.45. The number of benzene rings is 1. The van der Waals surface area contributed by atoms with E-state index < -0.39 is 11.1 Å². The van der Waals surface area contributed by atoms with Crippen LogP contribution in [-0.4, -0.2) is 41.1 Å². The second-order valence-electron chi connectivity index (χ2n) is 9.25. The molecule has 1 aromatic carbocycles. The Morgan fingerprint density at radius 2 is 1.92 bits per heavy atom. The van der Waals surface area contributed by atoms with Crippen molar-refractivity contribution in [1.29, 1.82) is 0 Å². The van der Waals surface area contributed by atoms with Crippen LogP contribution in [-0.2, 0) is 25.6 Å². The zero-order valence-electron chi connectivity index (χ0n) is 16.3. The first kappa shape index (κ1) is 18.0. The molecule has 0 spiro atoms. The maximum atomic E-state index is 13.3. The van der Waals surface area contributed by atoms with Gasteiger partial charge < -0.3 is 19.1 Å². The van der Waals surface area contributed by atoms with Gasteiger partial charge in [0.2, 0.25) is 5.91 Å². The molecule has 4 rings (SSSR count). The zero-order valence-corrected chi connectivity index (χ0v) is 16.3. The summed E-state index contributed by atoms with van der Waals surface area (Å²) in [6, 6.07) is 10.0. The van der Waals surface area contributed by atoms with Gasteiger partial charge in [0.05, 0.1) is 24.7 Å². The highest BCUT2D eigenvalue weighted by molar-refractivity contribution is 5.86. The van der Waals surface area contributed by atoms with Gasteiger partial charge in [-0.3, -0.25) is 4.79 Å². The van der Waals surface area contributed by atoms with E-state index in [2.05, 4.69) is 34.6 Å². The maximum absolute atomic E-state index is 13.3. The van der Waals surface area contributed by atoms with Crippen molar-refractivity contribution in [3.8, 4) is 0 Å². The molecule has 3 heterocycles. The van der Waals surface area contributed by atoms with Crippen molar-refractivity contribution in [2.75, 3.05) is 6.61 Å². The van der Waals surface area contributed by atoms with Crippen LogP contribution in [0.25, 0.3) is 0 Å². The number of carbonyl (C=O) groups excluding carboxylic acids is 1. The average Bonchev–Trinajstić information content (AvgIpc) is 3.16. The van der Waals surface area contributed by atoms with Gasteiger partial charge >= 0.3 is 0 Å². The predicted octanol–water partition coefficient (Wildman–Crippen LogP) is 3.33. The summed E-state index contributed by atoms with van der Waals surface area (Å²) in [7, 11) is 0. The average molecular weight is 359 g/mol. The van der Waals surface area contributed by atoms with E-state index in [1.807, 2.05) is 35.2 Å². The van der Waals surface area contributed by atoms with Crippen molar-refractivity contribution < 1.29 is 19.0 Å². The lowest BCUT2D eigenvalue weighted by atomic mass is 9.78. The molecule has 1 amide bonds. The minimum absolute atomic E-state index is 0.133. The molecular weight excluding hydrogens is 330 g/mol. The van der Waals surface area contributed by atoms with Crippen molar-refractivity contribution in [3.63, 3.8) is 0 Å². The number of carbonyl (C=O) groups is 1. The lowest BCUT2D eigenvalue weighted by Crippen LogP contribution is -2.57. The molecule has 5 atom stereocenters. The Balaban J connectivity index is 1.52. The van der Waals surface area contributed by atoms with Gasteiger partial charge in [0.25, 0.3) is 0 Å². The first-order chi connectivity index (χ1) is 12.2. The van der Waals surface area contributed by atoms with Crippen molar-refractivity contribution in [3.05, 3.63) is 35.9 Å². The van der Waals surface area contributed by atoms with Gasteiger partial charge in [-0.15, -0.1) is 0 Å². The molecule has 0 aromatic heterocycles. The standard InChI is InChI=1S/C21H29NO4/c1-19(2,3)18-22-17(23)15-11-16(24-12-14-9-7-6-8-10-14)26-21(15,5)20(22,4)13-25-18/h6-10,15-16,18H,11-13H2,1-5H3/t15-,16?,18-,20-,21-/m0/s1. The Kier molecular flexibility index (Phi) is 3.99. The monoisotopic (exact) mass is 359 g/mol. The smallest absolute Gasteiger partial charge is 0.231 e. The van der Waals surface area contributed by atoms with E-state index >= 15 is 0 Å². The molecule has 26 heavy (non-hydrogen) atoms. The van der Waals surface area contributed by atoms with Gasteiger partial charge in [0.1, 0.15) is 11.8 Å². The lowest BCUT2D eigenvalue weighted by molar-refractivity contribution is -0.195. The van der Waals surface area contributed by atoms with Gasteiger partial charge in [-0.1, -0.05) is 51.1 Å². The summed E-state index contributed by atoms with van der Waals surface area (Å²) in [4.78, 5) is 15.2. The van der Waals surface area contributed by atoms with Gasteiger partial charge in [-0.2, -0.15) is 0 Å². The second kappa shape index (κ2) is 5.78. The molecule has 1 unspecified atom stereocenters. The first-order valence-corrected chi connectivity index (χ1v) is 9.45. The summed E-state index contributed by atoms with van der Waals surface area (Å²) in [6.07, 6.45) is 0.0296. The van der Waals surface area contributed by atoms with Crippen LogP contribution in [0.5, 0.6) is 0 Å². The summed E-state index contributed by atoms with van der Waals surface area (Å²) in [5, 5.41) is 0. The summed E-state index contributed by atoms with van der Waals surface area (Å²) >= 11 is 0. The number of amides is 1. The predicted molar refractivity (Wildman–Crippen MR) is 97.1 cm³/mol. The van der Waals surface area contributed by atoms with E-state index in [4.69, 9.17) is 14.2 Å². The molecular formula is C21H29NO4. The molecule has 3 saturated heterocycles. The number of ether oxygens (including phenoxy) is 3. The third-order valence-electron chi connectivity index (χ3n) is 6.38. The molecule has 0 saturated carbocycles. The van der Waals surface area contributed by atoms with E-state index in [-0.39, 0.29) is 29.8 Å². The van der Waals surface area contributed by atoms with Gasteiger partial charge in [-0.25, -0.2) is 0 Å². The Labute approximate surface area is 155 Å². The second-order valence-corrected chi connectivity index (χ2v) is 9.25. The summed E-state index contributed by atoms with van der Waals surface area (Å²) < 4.78 is 18.5. The molecule has 0 bridgehead atoms. The highest BCUT2D eigenvalue weighted by atomic mass is 16.7. The maximum Gasteiger partial charge on any atom is 0.231 e. The fourth-order valence-corrected chi connectivity index (χ4v) is 4.72. The van der Waals surface area contributed by atoms with Crippen LogP contribution in [0.1, 0.15) is 46.6 Å². The molecule has 5 heteroatoms. The fraction of sp³-hybridized carbons (Fsp3) is 0.667. The van der Waals surface area contributed by atoms with E-state index in [1.54, 1.807) is 0 Å². The van der Waals surface area contributed by atoms with E-state index in [9.17, 15) is 4.79 Å². The van der Waals surface area contributed by atoms with Crippen molar-refractivity contribution in [1.82, 2.24) is 4.90 Å². The Morgan fingerprint density at radius 1 is 1.23 bits per heavy atom. The molecule has 0 N–H and O–H groups in total. The summed E-state index contributed by atoms with van der Waals surface area (Å²) in [6.45, 7) is 11.5. The molecule has 0 aliphatic carbocycles. The van der Waals surface area contributed by atoms with Crippen LogP contribution in [0.15, 0.2) is 30.3 Å². The number of fused-ring (bicyclic) bond motifs is 3.